The highest BCUT2D eigenvalue weighted by molar-refractivity contribution is 5.91. The number of nitrogens with one attached hydrogen (secondary N) is 1. The first-order chi connectivity index (χ1) is 14.6. The minimum Gasteiger partial charge on any atom is -0.459 e. The number of fused-ring (bicyclic) bond motifs is 1. The number of nitrogens with zero attached hydrogens (tertiary/aromatic N) is 4. The fourth-order valence-electron chi connectivity index (χ4n) is 3.51. The molecule has 3 aromatic rings. The normalized spacial score (nSPS) is 14.7. The molecule has 1 aromatic carbocycles. The predicted octanol–water partition coefficient (Wildman–Crippen LogP) is 0.564. The number of piperazine rings is 1. The highest BCUT2D eigenvalue weighted by atomic mass is 16.3. The summed E-state index contributed by atoms with van der Waals surface area (Å²) in [4.78, 5) is 41.0. The smallest absolute Gasteiger partial charge is 0.287 e. The van der Waals surface area contributed by atoms with Crippen molar-refractivity contribution >= 4 is 22.6 Å². The molecule has 1 N–H and O–H groups in total. The van der Waals surface area contributed by atoms with E-state index in [-0.39, 0.29) is 23.9 Å². The SMILES string of the molecule is O=C(NCCN1CCN(C(=O)Cn2ncc3ccccc3c2=O)CC1)c1ccco1. The summed E-state index contributed by atoms with van der Waals surface area (Å²) in [5.74, 6) is -0.0595. The fraction of sp³-hybridized carbons (Fsp3) is 0.333. The number of benzene rings is 1. The van der Waals surface area contributed by atoms with Gasteiger partial charge in [0.1, 0.15) is 6.54 Å². The van der Waals surface area contributed by atoms with Crippen molar-refractivity contribution in [1.29, 1.82) is 0 Å². The third-order valence-corrected chi connectivity index (χ3v) is 5.23. The topological polar surface area (TPSA) is 101 Å². The van der Waals surface area contributed by atoms with Gasteiger partial charge in [-0.2, -0.15) is 5.10 Å². The second-order valence-electron chi connectivity index (χ2n) is 7.15. The molecule has 2 aromatic heterocycles. The summed E-state index contributed by atoms with van der Waals surface area (Å²) in [7, 11) is 0. The van der Waals surface area contributed by atoms with Crippen LogP contribution < -0.4 is 10.9 Å². The highest BCUT2D eigenvalue weighted by Crippen LogP contribution is 2.07. The van der Waals surface area contributed by atoms with Gasteiger partial charge in [-0.25, -0.2) is 4.68 Å². The lowest BCUT2D eigenvalue weighted by Crippen LogP contribution is -2.51. The van der Waals surface area contributed by atoms with E-state index in [4.69, 9.17) is 4.42 Å². The van der Waals surface area contributed by atoms with Crippen LogP contribution in [0, 0.1) is 0 Å². The number of hydrogen-bond acceptors (Lipinski definition) is 6. The molecule has 0 radical (unpaired) electrons. The molecule has 156 valence electrons. The van der Waals surface area contributed by atoms with Gasteiger partial charge < -0.3 is 14.6 Å². The zero-order chi connectivity index (χ0) is 20.9. The molecule has 0 saturated carbocycles. The Hall–Kier alpha value is -3.46. The number of hydrogen-bond donors (Lipinski definition) is 1. The average molecular weight is 409 g/mol. The first-order valence-corrected chi connectivity index (χ1v) is 9.88. The van der Waals surface area contributed by atoms with E-state index in [1.807, 2.05) is 12.1 Å². The van der Waals surface area contributed by atoms with E-state index in [2.05, 4.69) is 15.3 Å². The Labute approximate surface area is 172 Å². The van der Waals surface area contributed by atoms with Gasteiger partial charge in [-0.3, -0.25) is 19.3 Å². The largest absolute Gasteiger partial charge is 0.459 e. The number of carbonyl (C=O) groups is 2. The number of aromatic nitrogens is 2. The molecule has 0 aliphatic carbocycles. The molecule has 1 saturated heterocycles. The van der Waals surface area contributed by atoms with E-state index in [0.29, 0.717) is 50.4 Å². The molecular formula is C21H23N5O4. The van der Waals surface area contributed by atoms with E-state index < -0.39 is 0 Å². The van der Waals surface area contributed by atoms with Crippen molar-refractivity contribution in [3.8, 4) is 0 Å². The van der Waals surface area contributed by atoms with Crippen LogP contribution in [0.4, 0.5) is 0 Å². The summed E-state index contributed by atoms with van der Waals surface area (Å²) >= 11 is 0. The molecule has 1 fully saturated rings. The molecular weight excluding hydrogens is 386 g/mol. The van der Waals surface area contributed by atoms with Crippen molar-refractivity contribution in [2.75, 3.05) is 39.3 Å². The van der Waals surface area contributed by atoms with Crippen LogP contribution in [-0.2, 0) is 11.3 Å². The van der Waals surface area contributed by atoms with Crippen LogP contribution in [0.3, 0.4) is 0 Å². The van der Waals surface area contributed by atoms with E-state index >= 15 is 0 Å². The summed E-state index contributed by atoms with van der Waals surface area (Å²) in [6, 6.07) is 10.5. The Balaban J connectivity index is 1.25. The van der Waals surface area contributed by atoms with Crippen LogP contribution in [0.2, 0.25) is 0 Å². The van der Waals surface area contributed by atoms with E-state index in [1.165, 1.54) is 10.9 Å². The summed E-state index contributed by atoms with van der Waals surface area (Å²) in [5, 5.41) is 8.27. The summed E-state index contributed by atoms with van der Waals surface area (Å²) in [6.45, 7) is 3.71. The second kappa shape index (κ2) is 8.91. The minimum atomic E-state index is -0.257. The van der Waals surface area contributed by atoms with Gasteiger partial charge in [0, 0.05) is 44.7 Å². The first-order valence-electron chi connectivity index (χ1n) is 9.88. The summed E-state index contributed by atoms with van der Waals surface area (Å²) in [5.41, 5.74) is -0.257. The van der Waals surface area contributed by atoms with Gasteiger partial charge in [-0.05, 0) is 18.2 Å². The Morgan fingerprint density at radius 1 is 1.07 bits per heavy atom. The van der Waals surface area contributed by atoms with Crippen molar-refractivity contribution in [1.82, 2.24) is 24.9 Å². The van der Waals surface area contributed by atoms with Gasteiger partial charge in [0.05, 0.1) is 17.8 Å². The minimum absolute atomic E-state index is 0.0666. The van der Waals surface area contributed by atoms with Crippen LogP contribution in [0.5, 0.6) is 0 Å². The molecule has 0 spiro atoms. The molecule has 0 atom stereocenters. The molecule has 1 aliphatic heterocycles. The van der Waals surface area contributed by atoms with Gasteiger partial charge in [0.15, 0.2) is 5.76 Å². The van der Waals surface area contributed by atoms with Crippen molar-refractivity contribution < 1.29 is 14.0 Å². The lowest BCUT2D eigenvalue weighted by Gasteiger charge is -2.34. The average Bonchev–Trinajstić information content (AvgIpc) is 3.31. The van der Waals surface area contributed by atoms with Crippen LogP contribution in [0.15, 0.2) is 58.1 Å². The Bertz CT molecular complexity index is 1080. The van der Waals surface area contributed by atoms with E-state index in [0.717, 1.165) is 5.39 Å². The van der Waals surface area contributed by atoms with Crippen LogP contribution in [0.1, 0.15) is 10.6 Å². The predicted molar refractivity (Wildman–Crippen MR) is 110 cm³/mol. The maximum Gasteiger partial charge on any atom is 0.287 e. The van der Waals surface area contributed by atoms with Crippen LogP contribution >= 0.6 is 0 Å². The van der Waals surface area contributed by atoms with Crippen molar-refractivity contribution in [2.45, 2.75) is 6.54 Å². The van der Waals surface area contributed by atoms with Gasteiger partial charge in [-0.1, -0.05) is 18.2 Å². The van der Waals surface area contributed by atoms with Gasteiger partial charge >= 0.3 is 0 Å². The fourth-order valence-corrected chi connectivity index (χ4v) is 3.51. The summed E-state index contributed by atoms with van der Waals surface area (Å²) < 4.78 is 6.28. The lowest BCUT2D eigenvalue weighted by molar-refractivity contribution is -0.133. The second-order valence-corrected chi connectivity index (χ2v) is 7.15. The van der Waals surface area contributed by atoms with Gasteiger partial charge in [0.2, 0.25) is 5.91 Å². The zero-order valence-electron chi connectivity index (χ0n) is 16.5. The van der Waals surface area contributed by atoms with Gasteiger partial charge in [-0.15, -0.1) is 0 Å². The number of amides is 2. The molecule has 3 heterocycles. The van der Waals surface area contributed by atoms with Crippen molar-refractivity contribution in [2.24, 2.45) is 0 Å². The standard InChI is InChI=1S/C21H23N5O4/c27-19(15-26-21(29)17-5-2-1-4-16(17)14-23-26)25-11-9-24(10-12-25)8-7-22-20(28)18-6-3-13-30-18/h1-6,13-14H,7-12,15H2,(H,22,28). The maximum atomic E-state index is 12.6. The Kier molecular flexibility index (Phi) is 5.89. The third kappa shape index (κ3) is 4.41. The summed E-state index contributed by atoms with van der Waals surface area (Å²) in [6.07, 6.45) is 3.08. The van der Waals surface area contributed by atoms with Crippen LogP contribution in [0.25, 0.3) is 10.8 Å². The molecule has 9 nitrogen and oxygen atoms in total. The van der Waals surface area contributed by atoms with E-state index in [9.17, 15) is 14.4 Å². The van der Waals surface area contributed by atoms with Crippen molar-refractivity contribution in [3.63, 3.8) is 0 Å². The molecule has 0 bridgehead atoms. The monoisotopic (exact) mass is 409 g/mol. The highest BCUT2D eigenvalue weighted by Gasteiger charge is 2.22. The van der Waals surface area contributed by atoms with Crippen molar-refractivity contribution in [3.05, 3.63) is 65.0 Å². The number of furan rings is 1. The number of carbonyl (C=O) groups excluding carboxylic acids is 2. The maximum absolute atomic E-state index is 12.6. The van der Waals surface area contributed by atoms with E-state index in [1.54, 1.807) is 35.4 Å². The zero-order valence-corrected chi connectivity index (χ0v) is 16.5. The molecule has 2 amide bonds. The van der Waals surface area contributed by atoms with Gasteiger partial charge in [0.25, 0.3) is 11.5 Å². The Morgan fingerprint density at radius 2 is 1.87 bits per heavy atom. The molecule has 9 heteroatoms. The molecule has 1 aliphatic rings. The first kappa shape index (κ1) is 19.8. The molecule has 4 rings (SSSR count). The Morgan fingerprint density at radius 3 is 2.63 bits per heavy atom. The van der Waals surface area contributed by atoms with Crippen LogP contribution in [-0.4, -0.2) is 70.7 Å². The quantitative estimate of drug-likeness (QED) is 0.639. The lowest BCUT2D eigenvalue weighted by atomic mass is 10.2. The third-order valence-electron chi connectivity index (χ3n) is 5.23. The molecule has 0 unspecified atom stereocenters. The number of rotatable bonds is 6. The molecule has 30 heavy (non-hydrogen) atoms.